The predicted octanol–water partition coefficient (Wildman–Crippen LogP) is 4.84. The third-order valence-corrected chi connectivity index (χ3v) is 6.12. The fourth-order valence-corrected chi connectivity index (χ4v) is 4.46. The Morgan fingerprint density at radius 2 is 1.72 bits per heavy atom. The molecule has 1 atom stereocenters. The van der Waals surface area contributed by atoms with E-state index in [2.05, 4.69) is 15.9 Å². The van der Waals surface area contributed by atoms with Crippen molar-refractivity contribution in [2.24, 2.45) is 5.41 Å². The van der Waals surface area contributed by atoms with Crippen molar-refractivity contribution in [3.05, 3.63) is 34.3 Å². The van der Waals surface area contributed by atoms with E-state index in [9.17, 15) is 9.90 Å². The second-order valence-corrected chi connectivity index (χ2v) is 9.60. The Balaban J connectivity index is 1.63. The van der Waals surface area contributed by atoms with Crippen molar-refractivity contribution in [2.75, 3.05) is 13.1 Å². The fourth-order valence-electron chi connectivity index (χ4n) is 4.19. The van der Waals surface area contributed by atoms with E-state index < -0.39 is 11.2 Å². The molecular formula is C20H28BrNO3. The van der Waals surface area contributed by atoms with Crippen LogP contribution >= 0.6 is 15.9 Å². The Bertz CT molecular complexity index is 629. The molecule has 0 bridgehead atoms. The highest BCUT2D eigenvalue weighted by Crippen LogP contribution is 2.54. The van der Waals surface area contributed by atoms with Gasteiger partial charge in [0.2, 0.25) is 0 Å². The van der Waals surface area contributed by atoms with Crippen molar-refractivity contribution >= 4 is 22.0 Å². The number of benzene rings is 1. The number of ether oxygens (including phenoxy) is 1. The molecule has 1 aromatic carbocycles. The molecule has 1 unspecified atom stereocenters. The number of aliphatic hydroxyl groups is 1. The van der Waals surface area contributed by atoms with Gasteiger partial charge in [-0.05, 0) is 76.0 Å². The molecule has 25 heavy (non-hydrogen) atoms. The number of carbonyl (C=O) groups excluding carboxylic acids is 1. The van der Waals surface area contributed by atoms with E-state index in [1.807, 2.05) is 49.9 Å². The minimum absolute atomic E-state index is 0.139. The number of rotatable bonds is 1. The summed E-state index contributed by atoms with van der Waals surface area (Å²) in [5.74, 6) is 0. The Morgan fingerprint density at radius 3 is 2.28 bits per heavy atom. The Hall–Kier alpha value is -1.07. The summed E-state index contributed by atoms with van der Waals surface area (Å²) in [6, 6.07) is 8.00. The summed E-state index contributed by atoms with van der Waals surface area (Å²) in [5.41, 5.74) is -0.0570. The van der Waals surface area contributed by atoms with Crippen LogP contribution in [0.3, 0.4) is 0 Å². The Kier molecular flexibility index (Phi) is 4.93. The van der Waals surface area contributed by atoms with E-state index in [1.165, 1.54) is 0 Å². The quantitative estimate of drug-likeness (QED) is 0.721. The summed E-state index contributed by atoms with van der Waals surface area (Å²) >= 11 is 3.45. The van der Waals surface area contributed by atoms with E-state index in [4.69, 9.17) is 4.74 Å². The van der Waals surface area contributed by atoms with Crippen molar-refractivity contribution < 1.29 is 14.6 Å². The van der Waals surface area contributed by atoms with Gasteiger partial charge < -0.3 is 14.7 Å². The number of hydrogen-bond acceptors (Lipinski definition) is 3. The molecule has 1 saturated heterocycles. The zero-order valence-electron chi connectivity index (χ0n) is 15.3. The van der Waals surface area contributed by atoms with Crippen LogP contribution in [-0.2, 0) is 10.3 Å². The highest BCUT2D eigenvalue weighted by molar-refractivity contribution is 9.10. The lowest BCUT2D eigenvalue weighted by Crippen LogP contribution is -2.45. The van der Waals surface area contributed by atoms with Gasteiger partial charge in [-0.3, -0.25) is 0 Å². The van der Waals surface area contributed by atoms with Crippen molar-refractivity contribution in [2.45, 2.75) is 64.1 Å². The third kappa shape index (κ3) is 4.20. The zero-order chi connectivity index (χ0) is 18.3. The summed E-state index contributed by atoms with van der Waals surface area (Å²) < 4.78 is 6.51. The first kappa shape index (κ1) is 18.7. The topological polar surface area (TPSA) is 49.8 Å². The summed E-state index contributed by atoms with van der Waals surface area (Å²) in [4.78, 5) is 14.1. The van der Waals surface area contributed by atoms with Crippen molar-refractivity contribution in [1.29, 1.82) is 0 Å². The SMILES string of the molecule is CC(C)(C)OC(=O)N1CCC2(CC1)CCC(O)(c1ccc(Br)cc1)C2. The number of carbonyl (C=O) groups is 1. The van der Waals surface area contributed by atoms with Crippen LogP contribution in [0.25, 0.3) is 0 Å². The summed E-state index contributed by atoms with van der Waals surface area (Å²) in [6.07, 6.45) is 4.24. The standard InChI is InChI=1S/C20H28BrNO3/c1-18(2,3)25-17(23)22-12-10-19(11-13-22)8-9-20(24,14-19)15-4-6-16(21)7-5-15/h4-7,24H,8-14H2,1-3H3. The lowest BCUT2D eigenvalue weighted by Gasteiger charge is -2.40. The highest BCUT2D eigenvalue weighted by atomic mass is 79.9. The number of piperidine rings is 1. The van der Waals surface area contributed by atoms with Gasteiger partial charge in [-0.15, -0.1) is 0 Å². The van der Waals surface area contributed by atoms with Gasteiger partial charge in [-0.25, -0.2) is 4.79 Å². The van der Waals surface area contributed by atoms with Gasteiger partial charge in [0.25, 0.3) is 0 Å². The van der Waals surface area contributed by atoms with Crippen LogP contribution in [0, 0.1) is 5.41 Å². The number of hydrogen-bond donors (Lipinski definition) is 1. The van der Waals surface area contributed by atoms with Crippen LogP contribution in [0.15, 0.2) is 28.7 Å². The van der Waals surface area contributed by atoms with E-state index >= 15 is 0 Å². The molecule has 1 amide bonds. The fraction of sp³-hybridized carbons (Fsp3) is 0.650. The Labute approximate surface area is 158 Å². The molecule has 0 aromatic heterocycles. The second kappa shape index (κ2) is 6.58. The van der Waals surface area contributed by atoms with Crippen LogP contribution < -0.4 is 0 Å². The average molecular weight is 410 g/mol. The molecule has 1 aromatic rings. The third-order valence-electron chi connectivity index (χ3n) is 5.59. The molecule has 138 valence electrons. The van der Waals surface area contributed by atoms with E-state index in [0.29, 0.717) is 13.1 Å². The molecule has 1 aliphatic carbocycles. The van der Waals surface area contributed by atoms with Crippen molar-refractivity contribution in [3.8, 4) is 0 Å². The molecule has 1 aliphatic heterocycles. The first-order chi connectivity index (χ1) is 11.6. The summed E-state index contributed by atoms with van der Waals surface area (Å²) in [6.45, 7) is 7.11. The minimum Gasteiger partial charge on any atom is -0.444 e. The molecule has 2 fully saturated rings. The molecule has 4 nitrogen and oxygen atoms in total. The average Bonchev–Trinajstić information content (AvgIpc) is 2.85. The van der Waals surface area contributed by atoms with E-state index in [-0.39, 0.29) is 11.5 Å². The zero-order valence-corrected chi connectivity index (χ0v) is 16.9. The minimum atomic E-state index is -0.741. The Morgan fingerprint density at radius 1 is 1.12 bits per heavy atom. The molecular weight excluding hydrogens is 382 g/mol. The normalized spacial score (nSPS) is 26.0. The highest BCUT2D eigenvalue weighted by Gasteiger charge is 2.49. The van der Waals surface area contributed by atoms with Gasteiger partial charge in [0, 0.05) is 17.6 Å². The van der Waals surface area contributed by atoms with Gasteiger partial charge in [-0.1, -0.05) is 28.1 Å². The molecule has 1 spiro atoms. The van der Waals surface area contributed by atoms with Crippen molar-refractivity contribution in [3.63, 3.8) is 0 Å². The molecule has 1 saturated carbocycles. The largest absolute Gasteiger partial charge is 0.444 e. The first-order valence-electron chi connectivity index (χ1n) is 9.07. The van der Waals surface area contributed by atoms with E-state index in [1.54, 1.807) is 0 Å². The molecule has 5 heteroatoms. The molecule has 3 rings (SSSR count). The molecule has 1 heterocycles. The maximum atomic E-state index is 12.2. The summed E-state index contributed by atoms with van der Waals surface area (Å²) in [7, 11) is 0. The van der Waals surface area contributed by atoms with Crippen LogP contribution in [0.5, 0.6) is 0 Å². The number of halogens is 1. The van der Waals surface area contributed by atoms with Gasteiger partial charge in [-0.2, -0.15) is 0 Å². The van der Waals surface area contributed by atoms with Crippen LogP contribution in [0.1, 0.15) is 58.4 Å². The van der Waals surface area contributed by atoms with Crippen LogP contribution in [0.4, 0.5) is 4.79 Å². The van der Waals surface area contributed by atoms with Crippen LogP contribution in [-0.4, -0.2) is 34.8 Å². The number of nitrogens with zero attached hydrogens (tertiary/aromatic N) is 1. The molecule has 1 N–H and O–H groups in total. The monoisotopic (exact) mass is 409 g/mol. The number of amides is 1. The maximum absolute atomic E-state index is 12.2. The number of likely N-dealkylation sites (tertiary alicyclic amines) is 1. The lowest BCUT2D eigenvalue weighted by molar-refractivity contribution is -0.00107. The van der Waals surface area contributed by atoms with Crippen molar-refractivity contribution in [1.82, 2.24) is 4.90 Å². The smallest absolute Gasteiger partial charge is 0.410 e. The summed E-state index contributed by atoms with van der Waals surface area (Å²) in [5, 5.41) is 11.2. The molecule has 0 radical (unpaired) electrons. The lowest BCUT2D eigenvalue weighted by atomic mass is 9.75. The van der Waals surface area contributed by atoms with Gasteiger partial charge in [0.05, 0.1) is 5.60 Å². The molecule has 2 aliphatic rings. The second-order valence-electron chi connectivity index (χ2n) is 8.68. The van der Waals surface area contributed by atoms with E-state index in [0.717, 1.165) is 42.1 Å². The first-order valence-corrected chi connectivity index (χ1v) is 9.87. The van der Waals surface area contributed by atoms with Gasteiger partial charge in [0.15, 0.2) is 0 Å². The maximum Gasteiger partial charge on any atom is 0.410 e. The predicted molar refractivity (Wildman–Crippen MR) is 101 cm³/mol. The van der Waals surface area contributed by atoms with Gasteiger partial charge >= 0.3 is 6.09 Å². The van der Waals surface area contributed by atoms with Gasteiger partial charge in [0.1, 0.15) is 5.60 Å². The van der Waals surface area contributed by atoms with Crippen LogP contribution in [0.2, 0.25) is 0 Å².